The summed E-state index contributed by atoms with van der Waals surface area (Å²) < 4.78 is 1.97. The van der Waals surface area contributed by atoms with Crippen LogP contribution in [0.4, 0.5) is 0 Å². The summed E-state index contributed by atoms with van der Waals surface area (Å²) in [4.78, 5) is 13.3. The van der Waals surface area contributed by atoms with E-state index in [0.29, 0.717) is 0 Å². The van der Waals surface area contributed by atoms with Gasteiger partial charge in [-0.25, -0.2) is 0 Å². The van der Waals surface area contributed by atoms with Crippen LogP contribution < -0.4 is 4.87 Å². The van der Waals surface area contributed by atoms with Crippen LogP contribution in [0.5, 0.6) is 0 Å². The van der Waals surface area contributed by atoms with Gasteiger partial charge >= 0.3 is 4.87 Å². The Morgan fingerprint density at radius 1 is 1.29 bits per heavy atom. The SMILES string of the molecule is Cc1sc(=O)n(CC2(CS)CCCCC2)c1C. The van der Waals surface area contributed by atoms with E-state index in [9.17, 15) is 4.79 Å². The summed E-state index contributed by atoms with van der Waals surface area (Å²) in [5, 5.41) is 0. The van der Waals surface area contributed by atoms with Crippen LogP contribution in [0.3, 0.4) is 0 Å². The molecule has 0 saturated heterocycles. The lowest BCUT2D eigenvalue weighted by atomic mass is 9.75. The monoisotopic (exact) mass is 271 g/mol. The zero-order valence-corrected chi connectivity index (χ0v) is 12.4. The lowest BCUT2D eigenvalue weighted by Crippen LogP contribution is -2.34. The van der Waals surface area contributed by atoms with E-state index in [2.05, 4.69) is 19.6 Å². The van der Waals surface area contributed by atoms with Gasteiger partial charge in [-0.2, -0.15) is 12.6 Å². The molecule has 1 aliphatic carbocycles. The second-order valence-corrected chi connectivity index (χ2v) is 6.80. The molecule has 1 aromatic rings. The number of thiazole rings is 1. The van der Waals surface area contributed by atoms with E-state index in [4.69, 9.17) is 0 Å². The second-order valence-electron chi connectivity index (χ2n) is 5.31. The van der Waals surface area contributed by atoms with Crippen molar-refractivity contribution in [3.63, 3.8) is 0 Å². The highest BCUT2D eigenvalue weighted by molar-refractivity contribution is 7.80. The Morgan fingerprint density at radius 2 is 1.94 bits per heavy atom. The molecule has 1 aliphatic rings. The van der Waals surface area contributed by atoms with Gasteiger partial charge < -0.3 is 4.57 Å². The van der Waals surface area contributed by atoms with E-state index in [1.165, 1.54) is 43.4 Å². The van der Waals surface area contributed by atoms with E-state index in [1.54, 1.807) is 0 Å². The molecule has 1 fully saturated rings. The summed E-state index contributed by atoms with van der Waals surface area (Å²) in [6.45, 7) is 4.96. The first-order chi connectivity index (χ1) is 8.08. The minimum Gasteiger partial charge on any atom is -0.302 e. The molecule has 0 unspecified atom stereocenters. The van der Waals surface area contributed by atoms with Crippen LogP contribution in [0.1, 0.15) is 42.7 Å². The van der Waals surface area contributed by atoms with Crippen molar-refractivity contribution < 1.29 is 0 Å². The molecule has 2 nitrogen and oxygen atoms in total. The topological polar surface area (TPSA) is 22.0 Å². The molecule has 2 rings (SSSR count). The maximum Gasteiger partial charge on any atom is 0.307 e. The molecule has 0 spiro atoms. The summed E-state index contributed by atoms with van der Waals surface area (Å²) >= 11 is 5.92. The molecular formula is C13H21NOS2. The van der Waals surface area contributed by atoms with E-state index >= 15 is 0 Å². The molecule has 0 atom stereocenters. The van der Waals surface area contributed by atoms with Crippen LogP contribution in [0.25, 0.3) is 0 Å². The highest BCUT2D eigenvalue weighted by Gasteiger charge is 2.32. The highest BCUT2D eigenvalue weighted by atomic mass is 32.1. The summed E-state index contributed by atoms with van der Waals surface area (Å²) in [5.41, 5.74) is 1.40. The van der Waals surface area contributed by atoms with Crippen LogP contribution in [-0.2, 0) is 6.54 Å². The maximum absolute atomic E-state index is 11.9. The molecule has 0 aliphatic heterocycles. The number of nitrogens with zero attached hydrogens (tertiary/aromatic N) is 1. The van der Waals surface area contributed by atoms with Crippen molar-refractivity contribution in [2.45, 2.75) is 52.5 Å². The normalized spacial score (nSPS) is 19.5. The first-order valence-electron chi connectivity index (χ1n) is 6.36. The molecule has 0 bridgehead atoms. The Hall–Kier alpha value is -0.220. The Balaban J connectivity index is 2.26. The molecule has 0 aromatic carbocycles. The third kappa shape index (κ3) is 2.63. The van der Waals surface area contributed by atoms with Crippen molar-refractivity contribution >= 4 is 24.0 Å². The lowest BCUT2D eigenvalue weighted by Gasteiger charge is -2.36. The smallest absolute Gasteiger partial charge is 0.302 e. The van der Waals surface area contributed by atoms with Gasteiger partial charge in [-0.05, 0) is 37.9 Å². The lowest BCUT2D eigenvalue weighted by molar-refractivity contribution is 0.187. The first-order valence-corrected chi connectivity index (χ1v) is 7.81. The van der Waals surface area contributed by atoms with Gasteiger partial charge in [0.15, 0.2) is 0 Å². The van der Waals surface area contributed by atoms with Gasteiger partial charge in [0.2, 0.25) is 0 Å². The Labute approximate surface area is 112 Å². The fourth-order valence-corrected chi connectivity index (χ4v) is 4.02. The second kappa shape index (κ2) is 5.19. The molecule has 0 radical (unpaired) electrons. The molecule has 0 N–H and O–H groups in total. The van der Waals surface area contributed by atoms with Crippen molar-refractivity contribution in [3.05, 3.63) is 20.2 Å². The predicted octanol–water partition coefficient (Wildman–Crippen LogP) is 3.41. The summed E-state index contributed by atoms with van der Waals surface area (Å²) in [5.74, 6) is 0.897. The number of aryl methyl sites for hydroxylation is 1. The quantitative estimate of drug-likeness (QED) is 0.836. The number of aromatic nitrogens is 1. The average molecular weight is 271 g/mol. The minimum absolute atomic E-state index is 0.201. The molecule has 1 aromatic heterocycles. The van der Waals surface area contributed by atoms with E-state index < -0.39 is 0 Å². The predicted molar refractivity (Wildman–Crippen MR) is 77.4 cm³/mol. The molecule has 96 valence electrons. The fraction of sp³-hybridized carbons (Fsp3) is 0.769. The zero-order valence-electron chi connectivity index (χ0n) is 10.7. The third-order valence-corrected chi connectivity index (χ3v) is 5.79. The zero-order chi connectivity index (χ0) is 12.5. The Kier molecular flexibility index (Phi) is 4.03. The molecule has 1 saturated carbocycles. The van der Waals surface area contributed by atoms with Gasteiger partial charge in [0.05, 0.1) is 0 Å². The fourth-order valence-electron chi connectivity index (χ4n) is 2.77. The van der Waals surface area contributed by atoms with E-state index in [1.807, 2.05) is 11.5 Å². The van der Waals surface area contributed by atoms with Gasteiger partial charge in [0.25, 0.3) is 0 Å². The molecule has 4 heteroatoms. The number of hydrogen-bond acceptors (Lipinski definition) is 3. The molecular weight excluding hydrogens is 250 g/mol. The standard InChI is InChI=1S/C13H21NOS2/c1-10-11(2)17-12(15)14(10)8-13(9-16)6-4-3-5-7-13/h16H,3-9H2,1-2H3. The largest absolute Gasteiger partial charge is 0.307 e. The van der Waals surface area contributed by atoms with Gasteiger partial charge in [-0.3, -0.25) is 4.79 Å². The minimum atomic E-state index is 0.201. The van der Waals surface area contributed by atoms with E-state index in [0.717, 1.165) is 22.9 Å². The summed E-state index contributed by atoms with van der Waals surface area (Å²) in [6, 6.07) is 0. The van der Waals surface area contributed by atoms with Crippen molar-refractivity contribution in [3.8, 4) is 0 Å². The number of thiol groups is 1. The Morgan fingerprint density at radius 3 is 2.41 bits per heavy atom. The first kappa shape index (κ1) is 13.2. The van der Waals surface area contributed by atoms with Crippen molar-refractivity contribution in [2.24, 2.45) is 5.41 Å². The van der Waals surface area contributed by atoms with Gasteiger partial charge in [-0.15, -0.1) is 0 Å². The summed E-state index contributed by atoms with van der Waals surface area (Å²) in [7, 11) is 0. The molecule has 17 heavy (non-hydrogen) atoms. The van der Waals surface area contributed by atoms with Crippen LogP contribution in [0.2, 0.25) is 0 Å². The van der Waals surface area contributed by atoms with Crippen LogP contribution in [0, 0.1) is 19.3 Å². The number of hydrogen-bond donors (Lipinski definition) is 1. The van der Waals surface area contributed by atoms with Gasteiger partial charge in [0, 0.05) is 17.1 Å². The van der Waals surface area contributed by atoms with Crippen molar-refractivity contribution in [1.29, 1.82) is 0 Å². The van der Waals surface area contributed by atoms with Gasteiger partial charge in [-0.1, -0.05) is 30.6 Å². The van der Waals surface area contributed by atoms with Crippen molar-refractivity contribution in [1.82, 2.24) is 4.57 Å². The molecule has 0 amide bonds. The average Bonchev–Trinajstić information content (AvgIpc) is 2.57. The Bertz CT molecular complexity index is 441. The molecule has 1 heterocycles. The number of rotatable bonds is 3. The highest BCUT2D eigenvalue weighted by Crippen LogP contribution is 2.38. The van der Waals surface area contributed by atoms with Crippen LogP contribution in [0.15, 0.2) is 4.79 Å². The third-order valence-electron chi connectivity index (χ3n) is 4.12. The van der Waals surface area contributed by atoms with Gasteiger partial charge in [0.1, 0.15) is 0 Å². The van der Waals surface area contributed by atoms with E-state index in [-0.39, 0.29) is 10.3 Å². The summed E-state index contributed by atoms with van der Waals surface area (Å²) in [6.07, 6.45) is 6.36. The van der Waals surface area contributed by atoms with Crippen molar-refractivity contribution in [2.75, 3.05) is 5.75 Å². The maximum atomic E-state index is 11.9. The van der Waals surface area contributed by atoms with Crippen LogP contribution in [-0.4, -0.2) is 10.3 Å². The van der Waals surface area contributed by atoms with Crippen LogP contribution >= 0.6 is 24.0 Å².